The van der Waals surface area contributed by atoms with E-state index in [9.17, 15) is 73.2 Å². The van der Waals surface area contributed by atoms with Crippen LogP contribution in [-0.4, -0.2) is 152 Å². The van der Waals surface area contributed by atoms with Crippen molar-refractivity contribution in [3.63, 3.8) is 0 Å². The van der Waals surface area contributed by atoms with E-state index in [2.05, 4.69) is 37.2 Å². The number of carboxylic acid groups (broad SMARTS) is 3. The smallest absolute Gasteiger partial charge is 0.326 e. The van der Waals surface area contributed by atoms with Gasteiger partial charge in [-0.05, 0) is 43.6 Å². The second kappa shape index (κ2) is 29.0. The maximum atomic E-state index is 13.7. The molecule has 0 heterocycles. The molecule has 25 nitrogen and oxygen atoms in total. The highest BCUT2D eigenvalue weighted by Crippen LogP contribution is 2.14. The number of primary amides is 1. The molecule has 1 aromatic rings. The van der Waals surface area contributed by atoms with Crippen molar-refractivity contribution in [2.24, 2.45) is 23.3 Å². The Bertz CT molecular complexity index is 1900. The third kappa shape index (κ3) is 22.3. The van der Waals surface area contributed by atoms with Crippen LogP contribution in [0.1, 0.15) is 85.1 Å². The van der Waals surface area contributed by atoms with Crippen molar-refractivity contribution in [3.8, 4) is 0 Å². The lowest BCUT2D eigenvalue weighted by Gasteiger charge is -2.30. The third-order valence-corrected chi connectivity index (χ3v) is 9.96. The second-order valence-electron chi connectivity index (χ2n) is 16.6. The molecule has 0 bridgehead atoms. The topological polar surface area (TPSA) is 425 Å². The molecule has 0 aliphatic carbocycles. The molecule has 374 valence electrons. The third-order valence-electron chi connectivity index (χ3n) is 9.96. The maximum Gasteiger partial charge on any atom is 0.326 e. The summed E-state index contributed by atoms with van der Waals surface area (Å²) in [6.07, 6.45) is -5.31. The fourth-order valence-electron chi connectivity index (χ4n) is 6.32. The number of carboxylic acids is 3. The predicted molar refractivity (Wildman–Crippen MR) is 234 cm³/mol. The van der Waals surface area contributed by atoms with Crippen LogP contribution in [0.4, 0.5) is 0 Å². The van der Waals surface area contributed by atoms with Gasteiger partial charge in [0.1, 0.15) is 42.3 Å². The van der Waals surface area contributed by atoms with E-state index in [1.807, 2.05) is 0 Å². The highest BCUT2D eigenvalue weighted by atomic mass is 16.4. The SMILES string of the molecule is CC(C)CC(NC(=O)[C@H](CC(N)=O)NC(=O)[C@@H](NC(=O)[C@H](CCC(=O)O)NC(=O)[C@@H](N)CO)C(C)C)C(O)CC(=O)N[C@@H](C)C(=O)N[C@@H](CCC(=O)O)C(=O)N[C@@H](Cc1ccccc1)C(=O)O. The van der Waals surface area contributed by atoms with Gasteiger partial charge in [-0.1, -0.05) is 58.0 Å². The minimum Gasteiger partial charge on any atom is -0.481 e. The van der Waals surface area contributed by atoms with E-state index in [0.29, 0.717) is 5.56 Å². The van der Waals surface area contributed by atoms with E-state index in [0.717, 1.165) is 0 Å². The second-order valence-corrected chi connectivity index (χ2v) is 16.6. The van der Waals surface area contributed by atoms with Crippen LogP contribution in [0.15, 0.2) is 30.3 Å². The van der Waals surface area contributed by atoms with E-state index < -0.39 is 171 Å². The van der Waals surface area contributed by atoms with Crippen LogP contribution in [0, 0.1) is 11.8 Å². The van der Waals surface area contributed by atoms with Crippen molar-refractivity contribution in [2.75, 3.05) is 6.61 Å². The number of nitrogens with two attached hydrogens (primary N) is 2. The van der Waals surface area contributed by atoms with Gasteiger partial charge in [0, 0.05) is 19.3 Å². The molecule has 8 amide bonds. The van der Waals surface area contributed by atoms with E-state index in [4.69, 9.17) is 16.6 Å². The Morgan fingerprint density at radius 3 is 1.57 bits per heavy atom. The van der Waals surface area contributed by atoms with E-state index >= 15 is 0 Å². The van der Waals surface area contributed by atoms with Crippen LogP contribution in [0.2, 0.25) is 0 Å². The molecule has 0 radical (unpaired) electrons. The molecule has 0 aliphatic rings. The molecule has 0 spiro atoms. The summed E-state index contributed by atoms with van der Waals surface area (Å²) < 4.78 is 0. The highest BCUT2D eigenvalue weighted by molar-refractivity contribution is 5.97. The zero-order valence-electron chi connectivity index (χ0n) is 38.0. The lowest BCUT2D eigenvalue weighted by Crippen LogP contribution is -2.60. The quantitative estimate of drug-likeness (QED) is 0.0338. The average Bonchev–Trinajstić information content (AvgIpc) is 3.23. The van der Waals surface area contributed by atoms with Crippen LogP contribution in [0.3, 0.4) is 0 Å². The molecular weight excluding hydrogens is 887 g/mol. The summed E-state index contributed by atoms with van der Waals surface area (Å²) in [4.78, 5) is 139. The Kier molecular flexibility index (Phi) is 25.2. The first-order valence-corrected chi connectivity index (χ1v) is 21.4. The molecule has 0 fully saturated rings. The molecule has 2 unspecified atom stereocenters. The Balaban J connectivity index is 3.16. The van der Waals surface area contributed by atoms with Gasteiger partial charge >= 0.3 is 17.9 Å². The van der Waals surface area contributed by atoms with Crippen molar-refractivity contribution in [1.82, 2.24) is 37.2 Å². The Hall–Kier alpha value is -6.73. The number of rotatable bonds is 31. The van der Waals surface area contributed by atoms with Crippen LogP contribution < -0.4 is 48.7 Å². The number of hydrogen-bond donors (Lipinski definition) is 14. The monoisotopic (exact) mass is 951 g/mol. The van der Waals surface area contributed by atoms with Crippen LogP contribution in [-0.2, 0) is 59.2 Å². The normalized spacial score (nSPS) is 15.1. The Morgan fingerprint density at radius 1 is 0.597 bits per heavy atom. The Labute approximate surface area is 386 Å². The number of aliphatic hydroxyl groups excluding tert-OH is 2. The largest absolute Gasteiger partial charge is 0.481 e. The molecule has 67 heavy (non-hydrogen) atoms. The van der Waals surface area contributed by atoms with Gasteiger partial charge in [0.2, 0.25) is 47.3 Å². The summed E-state index contributed by atoms with van der Waals surface area (Å²) in [6.45, 7) is 6.87. The van der Waals surface area contributed by atoms with Gasteiger partial charge in [0.15, 0.2) is 0 Å². The zero-order valence-corrected chi connectivity index (χ0v) is 38.0. The number of aliphatic hydroxyl groups is 2. The molecule has 1 rings (SSSR count). The first-order chi connectivity index (χ1) is 31.2. The van der Waals surface area contributed by atoms with Crippen molar-refractivity contribution < 1.29 is 78.3 Å². The van der Waals surface area contributed by atoms with E-state index in [1.165, 1.54) is 20.8 Å². The summed E-state index contributed by atoms with van der Waals surface area (Å²) in [5, 5.41) is 65.0. The molecule has 0 aromatic heterocycles. The number of amides is 8. The molecule has 1 aromatic carbocycles. The average molecular weight is 952 g/mol. The van der Waals surface area contributed by atoms with Gasteiger partial charge in [-0.2, -0.15) is 0 Å². The van der Waals surface area contributed by atoms with Crippen molar-refractivity contribution in [1.29, 1.82) is 0 Å². The summed E-state index contributed by atoms with van der Waals surface area (Å²) in [5.74, 6) is -13.0. The van der Waals surface area contributed by atoms with Crippen molar-refractivity contribution in [3.05, 3.63) is 35.9 Å². The number of aliphatic carboxylic acids is 3. The van der Waals surface area contributed by atoms with Gasteiger partial charge in [0.25, 0.3) is 0 Å². The summed E-state index contributed by atoms with van der Waals surface area (Å²) >= 11 is 0. The maximum absolute atomic E-state index is 13.7. The first-order valence-electron chi connectivity index (χ1n) is 21.4. The minimum atomic E-state index is -1.71. The number of carbonyl (C=O) groups excluding carboxylic acids is 8. The molecule has 9 atom stereocenters. The van der Waals surface area contributed by atoms with E-state index in [1.54, 1.807) is 44.2 Å². The van der Waals surface area contributed by atoms with Crippen LogP contribution in [0.5, 0.6) is 0 Å². The van der Waals surface area contributed by atoms with Gasteiger partial charge in [-0.3, -0.25) is 47.9 Å². The zero-order chi connectivity index (χ0) is 51.1. The van der Waals surface area contributed by atoms with Crippen LogP contribution >= 0.6 is 0 Å². The van der Waals surface area contributed by atoms with Crippen molar-refractivity contribution >= 4 is 65.2 Å². The van der Waals surface area contributed by atoms with E-state index in [-0.39, 0.29) is 18.8 Å². The fourth-order valence-corrected chi connectivity index (χ4v) is 6.32. The first kappa shape index (κ1) is 58.3. The predicted octanol–water partition coefficient (Wildman–Crippen LogP) is -3.90. The highest BCUT2D eigenvalue weighted by Gasteiger charge is 2.35. The summed E-state index contributed by atoms with van der Waals surface area (Å²) in [6, 6.07) is -3.42. The van der Waals surface area contributed by atoms with Gasteiger partial charge in [-0.15, -0.1) is 0 Å². The number of hydrogen-bond acceptors (Lipinski definition) is 14. The molecule has 0 aliphatic heterocycles. The fraction of sp³-hybridized carbons (Fsp3) is 0.595. The summed E-state index contributed by atoms with van der Waals surface area (Å²) in [7, 11) is 0. The number of nitrogens with one attached hydrogen (secondary N) is 7. The standard InChI is InChI=1S/C42H65N9O16/c1-20(2)15-27(48-40(64)28(17-31(44)54)49-41(65)35(21(3)4)51-39(63)26(12-14-34(58)59)47-37(61)24(43)19-52)30(53)18-32(55)45-22(5)36(60)46-25(11-13-33(56)57)38(62)50-29(42(66)67)16-23-9-7-6-8-10-23/h6-10,20-22,24-30,35,52-53H,11-19,43H2,1-5H3,(H2,44,54)(H,45,55)(H,46,60)(H,47,61)(H,48,64)(H,49,65)(H,50,62)(H,51,63)(H,56,57)(H,58,59)(H,66,67)/t22-,24-,25-,26-,27?,28-,29-,30?,35-/m0/s1. The van der Waals surface area contributed by atoms with Gasteiger partial charge < -0.3 is 74.2 Å². The lowest BCUT2D eigenvalue weighted by molar-refractivity contribution is -0.143. The molecular formula is C42H65N9O16. The molecule has 25 heteroatoms. The molecule has 16 N–H and O–H groups in total. The minimum absolute atomic E-state index is 0.0313. The lowest BCUT2D eigenvalue weighted by atomic mass is 9.96. The van der Waals surface area contributed by atoms with Crippen molar-refractivity contribution in [2.45, 2.75) is 140 Å². The molecule has 0 saturated heterocycles. The number of carbonyl (C=O) groups is 11. The van der Waals surface area contributed by atoms with Gasteiger partial charge in [0.05, 0.1) is 31.6 Å². The van der Waals surface area contributed by atoms with Crippen LogP contribution in [0.25, 0.3) is 0 Å². The van der Waals surface area contributed by atoms with Gasteiger partial charge in [-0.25, -0.2) is 4.79 Å². The Morgan fingerprint density at radius 2 is 1.09 bits per heavy atom. The summed E-state index contributed by atoms with van der Waals surface area (Å²) in [5.41, 5.74) is 11.5. The number of benzene rings is 1. The molecule has 0 saturated carbocycles.